The van der Waals surface area contributed by atoms with Crippen LogP contribution in [0.2, 0.25) is 0 Å². The van der Waals surface area contributed by atoms with Gasteiger partial charge in [0.2, 0.25) is 0 Å². The Hall–Kier alpha value is -0.570. The molecule has 2 unspecified atom stereocenters. The molecule has 0 aliphatic carbocycles. The fourth-order valence-electron chi connectivity index (χ4n) is 1.88. The van der Waals surface area contributed by atoms with E-state index < -0.39 is 5.97 Å². The molecule has 0 saturated heterocycles. The first-order chi connectivity index (χ1) is 6.63. The summed E-state index contributed by atoms with van der Waals surface area (Å²) in [5.74, 6) is 0.0729. The molecule has 0 aliphatic rings. The minimum absolute atomic E-state index is 0.156. The molecule has 0 bridgehead atoms. The molecule has 0 radical (unpaired) electrons. The molecule has 0 aromatic rings. The maximum atomic E-state index is 10.5. The van der Waals surface area contributed by atoms with Crippen LogP contribution < -0.4 is 5.73 Å². The van der Waals surface area contributed by atoms with Gasteiger partial charge >= 0.3 is 5.97 Å². The molecule has 0 amide bonds. The van der Waals surface area contributed by atoms with E-state index in [1.54, 1.807) is 0 Å². The van der Waals surface area contributed by atoms with Crippen molar-refractivity contribution in [3.8, 4) is 0 Å². The van der Waals surface area contributed by atoms with Gasteiger partial charge in [-0.15, -0.1) is 0 Å². The Kier molecular flexibility index (Phi) is 7.48. The van der Waals surface area contributed by atoms with Crippen molar-refractivity contribution in [3.63, 3.8) is 0 Å². The molecule has 0 saturated carbocycles. The van der Waals surface area contributed by atoms with Gasteiger partial charge in [-0.3, -0.25) is 4.79 Å². The van der Waals surface area contributed by atoms with Crippen LogP contribution in [0, 0.1) is 11.8 Å². The molecule has 0 spiro atoms. The first-order valence-corrected chi connectivity index (χ1v) is 5.55. The third kappa shape index (κ3) is 5.97. The first-order valence-electron chi connectivity index (χ1n) is 5.55. The molecular weight excluding hydrogens is 178 g/mol. The predicted molar refractivity (Wildman–Crippen MR) is 58.1 cm³/mol. The van der Waals surface area contributed by atoms with Crippen LogP contribution in [-0.4, -0.2) is 17.6 Å². The highest BCUT2D eigenvalue weighted by molar-refractivity contribution is 5.67. The Morgan fingerprint density at radius 3 is 2.36 bits per heavy atom. The summed E-state index contributed by atoms with van der Waals surface area (Å²) < 4.78 is 0. The third-order valence-electron chi connectivity index (χ3n) is 2.74. The maximum Gasteiger partial charge on any atom is 0.303 e. The fourth-order valence-corrected chi connectivity index (χ4v) is 1.88. The van der Waals surface area contributed by atoms with Gasteiger partial charge in [-0.25, -0.2) is 0 Å². The van der Waals surface area contributed by atoms with E-state index in [2.05, 4.69) is 13.8 Å². The summed E-state index contributed by atoms with van der Waals surface area (Å²) >= 11 is 0. The largest absolute Gasteiger partial charge is 0.481 e. The first kappa shape index (κ1) is 13.4. The molecule has 0 fully saturated rings. The Balaban J connectivity index is 3.93. The Morgan fingerprint density at radius 1 is 1.36 bits per heavy atom. The zero-order valence-electron chi connectivity index (χ0n) is 9.33. The topological polar surface area (TPSA) is 63.3 Å². The van der Waals surface area contributed by atoms with E-state index in [1.165, 1.54) is 12.8 Å². The molecule has 0 aliphatic heterocycles. The molecule has 3 nitrogen and oxygen atoms in total. The van der Waals surface area contributed by atoms with Gasteiger partial charge in [-0.05, 0) is 24.8 Å². The lowest BCUT2D eigenvalue weighted by molar-refractivity contribution is -0.138. The zero-order chi connectivity index (χ0) is 11.0. The fraction of sp³-hybridized carbons (Fsp3) is 0.909. The molecule has 84 valence electrons. The summed E-state index contributed by atoms with van der Waals surface area (Å²) in [6, 6.07) is 0. The van der Waals surface area contributed by atoms with Crippen molar-refractivity contribution in [2.45, 2.75) is 46.0 Å². The second kappa shape index (κ2) is 7.80. The zero-order valence-corrected chi connectivity index (χ0v) is 9.33. The van der Waals surface area contributed by atoms with E-state index in [4.69, 9.17) is 10.8 Å². The van der Waals surface area contributed by atoms with Gasteiger partial charge in [0.25, 0.3) is 0 Å². The smallest absolute Gasteiger partial charge is 0.303 e. The predicted octanol–water partition coefficient (Wildman–Crippen LogP) is 2.25. The third-order valence-corrected chi connectivity index (χ3v) is 2.74. The van der Waals surface area contributed by atoms with Gasteiger partial charge < -0.3 is 10.8 Å². The maximum absolute atomic E-state index is 10.5. The lowest BCUT2D eigenvalue weighted by Crippen LogP contribution is -2.21. The molecule has 3 heteroatoms. The van der Waals surface area contributed by atoms with Crippen LogP contribution in [0.5, 0.6) is 0 Å². The molecule has 3 N–H and O–H groups in total. The van der Waals surface area contributed by atoms with E-state index in [1.807, 2.05) is 0 Å². The summed E-state index contributed by atoms with van der Waals surface area (Å²) in [6.07, 6.45) is 4.67. The van der Waals surface area contributed by atoms with Crippen molar-refractivity contribution < 1.29 is 9.90 Å². The van der Waals surface area contributed by atoms with E-state index in [0.29, 0.717) is 12.5 Å². The normalized spacial score (nSPS) is 15.1. The van der Waals surface area contributed by atoms with Gasteiger partial charge in [-0.1, -0.05) is 33.1 Å². The second-order valence-electron chi connectivity index (χ2n) is 4.00. The second-order valence-corrected chi connectivity index (χ2v) is 4.00. The highest BCUT2D eigenvalue weighted by Gasteiger charge is 2.16. The number of carboxylic acid groups (broad SMARTS) is 1. The van der Waals surface area contributed by atoms with Crippen molar-refractivity contribution in [2.75, 3.05) is 6.54 Å². The van der Waals surface area contributed by atoms with E-state index in [-0.39, 0.29) is 12.3 Å². The number of hydrogen-bond donors (Lipinski definition) is 2. The van der Waals surface area contributed by atoms with Crippen molar-refractivity contribution in [1.82, 2.24) is 0 Å². The summed E-state index contributed by atoms with van der Waals surface area (Å²) in [7, 11) is 0. The van der Waals surface area contributed by atoms with E-state index in [9.17, 15) is 4.79 Å². The van der Waals surface area contributed by atoms with Crippen LogP contribution in [0.4, 0.5) is 0 Å². The van der Waals surface area contributed by atoms with E-state index in [0.717, 1.165) is 12.8 Å². The molecule has 2 atom stereocenters. The average Bonchev–Trinajstić information content (AvgIpc) is 2.15. The number of nitrogens with two attached hydrogens (primary N) is 1. The van der Waals surface area contributed by atoms with Crippen LogP contribution in [0.3, 0.4) is 0 Å². The molecule has 14 heavy (non-hydrogen) atoms. The lowest BCUT2D eigenvalue weighted by atomic mass is 9.87. The summed E-state index contributed by atoms with van der Waals surface area (Å²) in [4.78, 5) is 10.5. The summed E-state index contributed by atoms with van der Waals surface area (Å²) in [6.45, 7) is 4.82. The van der Waals surface area contributed by atoms with Gasteiger partial charge in [0.15, 0.2) is 0 Å². The lowest BCUT2D eigenvalue weighted by Gasteiger charge is -2.19. The molecular formula is C11H23NO2. The van der Waals surface area contributed by atoms with Crippen LogP contribution in [0.15, 0.2) is 0 Å². The van der Waals surface area contributed by atoms with Crippen molar-refractivity contribution in [3.05, 3.63) is 0 Å². The molecule has 0 heterocycles. The quantitative estimate of drug-likeness (QED) is 0.633. The van der Waals surface area contributed by atoms with Gasteiger partial charge in [0.1, 0.15) is 0 Å². The SMILES string of the molecule is CCCC(CC)CC(CN)CC(=O)O. The van der Waals surface area contributed by atoms with Gasteiger partial charge in [-0.2, -0.15) is 0 Å². The highest BCUT2D eigenvalue weighted by atomic mass is 16.4. The standard InChI is InChI=1S/C11H23NO2/c1-3-5-9(4-2)6-10(8-12)7-11(13)14/h9-10H,3-8,12H2,1-2H3,(H,13,14). The van der Waals surface area contributed by atoms with Gasteiger partial charge in [0, 0.05) is 6.42 Å². The molecule has 0 aromatic heterocycles. The number of aliphatic carboxylic acids is 1. The van der Waals surface area contributed by atoms with Crippen molar-refractivity contribution >= 4 is 5.97 Å². The van der Waals surface area contributed by atoms with Crippen molar-refractivity contribution in [1.29, 1.82) is 0 Å². The van der Waals surface area contributed by atoms with Crippen LogP contribution in [0.25, 0.3) is 0 Å². The van der Waals surface area contributed by atoms with Crippen LogP contribution in [-0.2, 0) is 4.79 Å². The Labute approximate surface area is 86.7 Å². The molecule has 0 rings (SSSR count). The molecule has 0 aromatic carbocycles. The van der Waals surface area contributed by atoms with Gasteiger partial charge in [0.05, 0.1) is 0 Å². The average molecular weight is 201 g/mol. The summed E-state index contributed by atoms with van der Waals surface area (Å²) in [5, 5.41) is 8.67. The Bertz CT molecular complexity index is 159. The van der Waals surface area contributed by atoms with E-state index >= 15 is 0 Å². The van der Waals surface area contributed by atoms with Crippen LogP contribution in [0.1, 0.15) is 46.0 Å². The van der Waals surface area contributed by atoms with Crippen molar-refractivity contribution in [2.24, 2.45) is 17.6 Å². The minimum Gasteiger partial charge on any atom is -0.481 e. The Morgan fingerprint density at radius 2 is 2.00 bits per heavy atom. The number of carboxylic acids is 1. The van der Waals surface area contributed by atoms with Crippen LogP contribution >= 0.6 is 0 Å². The summed E-state index contributed by atoms with van der Waals surface area (Å²) in [5.41, 5.74) is 5.56. The number of rotatable bonds is 8. The minimum atomic E-state index is -0.730. The number of carbonyl (C=O) groups is 1. The highest BCUT2D eigenvalue weighted by Crippen LogP contribution is 2.22. The number of hydrogen-bond acceptors (Lipinski definition) is 2. The monoisotopic (exact) mass is 201 g/mol.